The summed E-state index contributed by atoms with van der Waals surface area (Å²) in [6.07, 6.45) is 2.95. The largest absolute Gasteiger partial charge is 0.471 e. The number of hydrogen-bond acceptors (Lipinski definition) is 6. The van der Waals surface area contributed by atoms with Crippen LogP contribution >= 0.6 is 0 Å². The maximum atomic E-state index is 10.9. The quantitative estimate of drug-likeness (QED) is 0.568. The summed E-state index contributed by atoms with van der Waals surface area (Å²) in [4.78, 5) is 18.5. The molecule has 0 aliphatic rings. The van der Waals surface area contributed by atoms with Gasteiger partial charge in [-0.1, -0.05) is 30.3 Å². The topological polar surface area (TPSA) is 103 Å². The third kappa shape index (κ3) is 2.59. The summed E-state index contributed by atoms with van der Waals surface area (Å²) >= 11 is 0. The van der Waals surface area contributed by atoms with Crippen LogP contribution in [0.5, 0.6) is 5.88 Å². The van der Waals surface area contributed by atoms with Gasteiger partial charge < -0.3 is 20.0 Å². The minimum absolute atomic E-state index is 0.0293. The Hall–Kier alpha value is -3.00. The molecular formula is C14H12N4O4. The second-order valence-electron chi connectivity index (χ2n) is 4.46. The second-order valence-corrected chi connectivity index (χ2v) is 4.46. The van der Waals surface area contributed by atoms with E-state index in [0.29, 0.717) is 5.69 Å². The number of hydrogen-bond donors (Lipinski definition) is 1. The molecule has 0 spiro atoms. The van der Waals surface area contributed by atoms with E-state index in [1.54, 1.807) is 6.20 Å². The van der Waals surface area contributed by atoms with Crippen LogP contribution in [0.3, 0.4) is 0 Å². The van der Waals surface area contributed by atoms with Gasteiger partial charge in [0.25, 0.3) is 5.88 Å². The van der Waals surface area contributed by atoms with E-state index in [-0.39, 0.29) is 30.6 Å². The maximum Gasteiger partial charge on any atom is 0.382 e. The molecule has 0 amide bonds. The van der Waals surface area contributed by atoms with Gasteiger partial charge in [-0.3, -0.25) is 4.40 Å². The van der Waals surface area contributed by atoms with E-state index >= 15 is 0 Å². The molecule has 0 fully saturated rings. The highest BCUT2D eigenvalue weighted by molar-refractivity contribution is 5.63. The molecule has 2 heterocycles. The SMILES string of the molecule is O=[N+]([O-])c1cn2cc(-c3ccccc3)nc(OCCO)c2n1. The molecular weight excluding hydrogens is 288 g/mol. The average molecular weight is 300 g/mol. The van der Waals surface area contributed by atoms with Crippen LogP contribution in [-0.2, 0) is 0 Å². The van der Waals surface area contributed by atoms with Crippen LogP contribution in [0.25, 0.3) is 16.9 Å². The zero-order valence-electron chi connectivity index (χ0n) is 11.4. The van der Waals surface area contributed by atoms with Gasteiger partial charge in [-0.2, -0.15) is 0 Å². The van der Waals surface area contributed by atoms with Gasteiger partial charge in [-0.15, -0.1) is 0 Å². The minimum atomic E-state index is -0.578. The molecule has 0 saturated heterocycles. The molecule has 3 rings (SSSR count). The van der Waals surface area contributed by atoms with Crippen molar-refractivity contribution in [1.82, 2.24) is 14.4 Å². The van der Waals surface area contributed by atoms with Crippen molar-refractivity contribution in [2.45, 2.75) is 0 Å². The predicted molar refractivity (Wildman–Crippen MR) is 77.7 cm³/mol. The zero-order valence-corrected chi connectivity index (χ0v) is 11.4. The Kier molecular flexibility index (Phi) is 3.67. The number of nitro groups is 1. The van der Waals surface area contributed by atoms with E-state index in [4.69, 9.17) is 9.84 Å². The lowest BCUT2D eigenvalue weighted by molar-refractivity contribution is -0.389. The molecule has 0 unspecified atom stereocenters. The van der Waals surface area contributed by atoms with Crippen LogP contribution < -0.4 is 4.74 Å². The van der Waals surface area contributed by atoms with Crippen molar-refractivity contribution in [3.8, 4) is 17.1 Å². The number of aliphatic hydroxyl groups excluding tert-OH is 1. The summed E-state index contributed by atoms with van der Waals surface area (Å²) < 4.78 is 6.86. The number of imidazole rings is 1. The molecule has 22 heavy (non-hydrogen) atoms. The Morgan fingerprint density at radius 2 is 2.00 bits per heavy atom. The number of fused-ring (bicyclic) bond motifs is 1. The average Bonchev–Trinajstić information content (AvgIpc) is 2.98. The maximum absolute atomic E-state index is 10.9. The molecule has 1 N–H and O–H groups in total. The van der Waals surface area contributed by atoms with E-state index in [0.717, 1.165) is 5.56 Å². The number of rotatable bonds is 5. The van der Waals surface area contributed by atoms with Gasteiger partial charge in [0.2, 0.25) is 0 Å². The highest BCUT2D eigenvalue weighted by Crippen LogP contribution is 2.25. The molecule has 0 radical (unpaired) electrons. The van der Waals surface area contributed by atoms with Crippen LogP contribution in [0.15, 0.2) is 42.7 Å². The van der Waals surface area contributed by atoms with Crippen LogP contribution in [0.4, 0.5) is 5.82 Å². The van der Waals surface area contributed by atoms with Gasteiger partial charge in [0, 0.05) is 11.8 Å². The van der Waals surface area contributed by atoms with Gasteiger partial charge in [-0.25, -0.2) is 4.98 Å². The lowest BCUT2D eigenvalue weighted by Crippen LogP contribution is -2.05. The van der Waals surface area contributed by atoms with Crippen molar-refractivity contribution in [2.24, 2.45) is 0 Å². The highest BCUT2D eigenvalue weighted by atomic mass is 16.6. The Labute approximate surface area is 124 Å². The molecule has 1 aromatic carbocycles. The van der Waals surface area contributed by atoms with Gasteiger partial charge in [-0.05, 0) is 9.91 Å². The third-order valence-corrected chi connectivity index (χ3v) is 2.98. The fraction of sp³-hybridized carbons (Fsp3) is 0.143. The number of nitrogens with zero attached hydrogens (tertiary/aromatic N) is 4. The summed E-state index contributed by atoms with van der Waals surface area (Å²) in [6, 6.07) is 9.36. The van der Waals surface area contributed by atoms with Crippen molar-refractivity contribution in [3.63, 3.8) is 0 Å². The van der Waals surface area contributed by atoms with Crippen LogP contribution in [0, 0.1) is 10.1 Å². The van der Waals surface area contributed by atoms with Crippen LogP contribution in [0.2, 0.25) is 0 Å². The summed E-state index contributed by atoms with van der Waals surface area (Å²) in [5.74, 6) is -0.149. The molecule has 2 aromatic heterocycles. The first-order chi connectivity index (χ1) is 10.7. The van der Waals surface area contributed by atoms with Gasteiger partial charge in [0.05, 0.1) is 12.3 Å². The van der Waals surface area contributed by atoms with E-state index in [9.17, 15) is 10.1 Å². The Bertz CT molecular complexity index is 816. The molecule has 0 atom stereocenters. The second kappa shape index (κ2) is 5.78. The first-order valence-electron chi connectivity index (χ1n) is 6.52. The Balaban J connectivity index is 2.16. The summed E-state index contributed by atoms with van der Waals surface area (Å²) in [7, 11) is 0. The van der Waals surface area contributed by atoms with Gasteiger partial charge in [0.1, 0.15) is 12.8 Å². The van der Waals surface area contributed by atoms with Crippen molar-refractivity contribution in [1.29, 1.82) is 0 Å². The van der Waals surface area contributed by atoms with Crippen LogP contribution in [0.1, 0.15) is 0 Å². The van der Waals surface area contributed by atoms with E-state index in [1.165, 1.54) is 10.6 Å². The molecule has 8 heteroatoms. The molecule has 0 aliphatic carbocycles. The molecule has 3 aromatic rings. The van der Waals surface area contributed by atoms with Crippen molar-refractivity contribution in [3.05, 3.63) is 52.8 Å². The number of benzene rings is 1. The first kappa shape index (κ1) is 14.0. The Morgan fingerprint density at radius 3 is 2.68 bits per heavy atom. The number of aromatic nitrogens is 3. The van der Waals surface area contributed by atoms with Crippen LogP contribution in [-0.4, -0.2) is 37.6 Å². The molecule has 0 aliphatic heterocycles. The standard InChI is InChI=1S/C14H12N4O4/c19-6-7-22-14-13-16-12(18(20)21)9-17(13)8-11(15-14)10-4-2-1-3-5-10/h1-5,8-9,19H,6-7H2. The monoisotopic (exact) mass is 300 g/mol. The van der Waals surface area contributed by atoms with E-state index < -0.39 is 4.92 Å². The highest BCUT2D eigenvalue weighted by Gasteiger charge is 2.20. The van der Waals surface area contributed by atoms with Crippen molar-refractivity contribution < 1.29 is 14.8 Å². The normalized spacial score (nSPS) is 10.8. The summed E-state index contributed by atoms with van der Waals surface area (Å²) in [5.41, 5.74) is 1.67. The fourth-order valence-corrected chi connectivity index (χ4v) is 2.03. The lowest BCUT2D eigenvalue weighted by atomic mass is 10.2. The third-order valence-electron chi connectivity index (χ3n) is 2.98. The molecule has 0 bridgehead atoms. The molecule has 0 saturated carbocycles. The minimum Gasteiger partial charge on any atom is -0.471 e. The van der Waals surface area contributed by atoms with Crippen molar-refractivity contribution in [2.75, 3.05) is 13.2 Å². The summed E-state index contributed by atoms with van der Waals surface area (Å²) in [5, 5.41) is 19.8. The van der Waals surface area contributed by atoms with Crippen molar-refractivity contribution >= 4 is 11.5 Å². The lowest BCUT2D eigenvalue weighted by Gasteiger charge is -2.06. The predicted octanol–water partition coefficient (Wildman–Crippen LogP) is 1.68. The number of aliphatic hydroxyl groups is 1. The Morgan fingerprint density at radius 1 is 1.23 bits per heavy atom. The van der Waals surface area contributed by atoms with E-state index in [2.05, 4.69) is 9.97 Å². The molecule has 112 valence electrons. The summed E-state index contributed by atoms with van der Waals surface area (Å²) in [6.45, 7) is -0.159. The first-order valence-corrected chi connectivity index (χ1v) is 6.52. The van der Waals surface area contributed by atoms with E-state index in [1.807, 2.05) is 30.3 Å². The number of ether oxygens (including phenoxy) is 1. The zero-order chi connectivity index (χ0) is 15.5. The van der Waals surface area contributed by atoms with Gasteiger partial charge in [0.15, 0.2) is 0 Å². The fourth-order valence-electron chi connectivity index (χ4n) is 2.03. The van der Waals surface area contributed by atoms with Gasteiger partial charge >= 0.3 is 11.5 Å². The molecule has 8 nitrogen and oxygen atoms in total. The smallest absolute Gasteiger partial charge is 0.382 e.